The third-order valence-electron chi connectivity index (χ3n) is 3.94. The summed E-state index contributed by atoms with van der Waals surface area (Å²) in [5.41, 5.74) is 1.55. The lowest BCUT2D eigenvalue weighted by Crippen LogP contribution is -2.21. The normalized spacial score (nSPS) is 15.8. The number of esters is 1. The quantitative estimate of drug-likeness (QED) is 0.552. The number of hydrogen-bond donors (Lipinski definition) is 0. The Hall–Kier alpha value is -2.23. The van der Waals surface area contributed by atoms with Gasteiger partial charge in [-0.15, -0.1) is 11.8 Å². The summed E-state index contributed by atoms with van der Waals surface area (Å²) >= 11 is 1.32. The minimum Gasteiger partial charge on any atom is -0.465 e. The number of allylic oxidation sites excluding steroid dienone is 2. The van der Waals surface area contributed by atoms with Gasteiger partial charge in [0.2, 0.25) is 0 Å². The number of ether oxygens (including phenoxy) is 1. The summed E-state index contributed by atoms with van der Waals surface area (Å²) < 4.78 is 5.05. The molecule has 0 aromatic heterocycles. The monoisotopic (exact) mass is 343 g/mol. The second kappa shape index (κ2) is 10.5. The molecule has 0 aromatic carbocycles. The van der Waals surface area contributed by atoms with Crippen LogP contribution in [0.3, 0.4) is 0 Å². The maximum atomic E-state index is 12.2. The first-order valence-corrected chi connectivity index (χ1v) is 9.24. The van der Waals surface area contributed by atoms with Crippen molar-refractivity contribution in [3.05, 3.63) is 21.6 Å². The third kappa shape index (κ3) is 4.88. The van der Waals surface area contributed by atoms with E-state index >= 15 is 0 Å². The molecule has 1 rings (SSSR count). The lowest BCUT2D eigenvalue weighted by Gasteiger charge is -2.22. The fraction of sp³-hybridized carbons (Fsp3) is 0.556. The van der Waals surface area contributed by atoms with Crippen LogP contribution in [0, 0.1) is 39.9 Å². The molecular weight excluding hydrogens is 322 g/mol. The molecule has 0 aliphatic heterocycles. The lowest BCUT2D eigenvalue weighted by atomic mass is 9.85. The SMILES string of the molecule is CCOC(=O)C(C#N)C1=C(C(SC)=C(C#N)C#N)CCCCCC1. The van der Waals surface area contributed by atoms with Crippen molar-refractivity contribution in [2.24, 2.45) is 5.92 Å². The molecule has 0 N–H and O–H groups in total. The molecule has 1 aliphatic rings. The van der Waals surface area contributed by atoms with Crippen LogP contribution in [-0.2, 0) is 9.53 Å². The summed E-state index contributed by atoms with van der Waals surface area (Å²) in [6.45, 7) is 1.92. The number of carbonyl (C=O) groups is 1. The summed E-state index contributed by atoms with van der Waals surface area (Å²) in [5, 5.41) is 28.0. The molecule has 0 bridgehead atoms. The molecule has 1 atom stereocenters. The van der Waals surface area contributed by atoms with Crippen molar-refractivity contribution < 1.29 is 9.53 Å². The van der Waals surface area contributed by atoms with E-state index in [1.165, 1.54) is 11.8 Å². The summed E-state index contributed by atoms with van der Waals surface area (Å²) in [6, 6.07) is 5.92. The van der Waals surface area contributed by atoms with Gasteiger partial charge in [-0.25, -0.2) is 0 Å². The maximum Gasteiger partial charge on any atom is 0.327 e. The molecule has 1 aliphatic carbocycles. The van der Waals surface area contributed by atoms with E-state index in [0.717, 1.165) is 31.3 Å². The molecule has 0 fully saturated rings. The molecule has 0 spiro atoms. The molecule has 0 saturated carbocycles. The average molecular weight is 343 g/mol. The summed E-state index contributed by atoms with van der Waals surface area (Å²) in [7, 11) is 0. The molecule has 1 unspecified atom stereocenters. The highest BCUT2D eigenvalue weighted by molar-refractivity contribution is 8.02. The molecule has 5 nitrogen and oxygen atoms in total. The van der Waals surface area contributed by atoms with Crippen molar-refractivity contribution in [3.8, 4) is 18.2 Å². The van der Waals surface area contributed by atoms with Gasteiger partial charge in [-0.2, -0.15) is 15.8 Å². The zero-order valence-corrected chi connectivity index (χ0v) is 14.9. The van der Waals surface area contributed by atoms with E-state index in [1.807, 2.05) is 12.1 Å². The molecular formula is C18H21N3O2S. The minimum atomic E-state index is -0.973. The van der Waals surface area contributed by atoms with Crippen LogP contribution >= 0.6 is 11.8 Å². The van der Waals surface area contributed by atoms with Crippen LogP contribution in [0.25, 0.3) is 0 Å². The van der Waals surface area contributed by atoms with Gasteiger partial charge < -0.3 is 4.74 Å². The number of rotatable bonds is 5. The van der Waals surface area contributed by atoms with Crippen molar-refractivity contribution in [3.63, 3.8) is 0 Å². The van der Waals surface area contributed by atoms with E-state index in [1.54, 1.807) is 13.2 Å². The maximum absolute atomic E-state index is 12.2. The topological polar surface area (TPSA) is 97.7 Å². The van der Waals surface area contributed by atoms with Gasteiger partial charge in [0.25, 0.3) is 0 Å². The number of hydrogen-bond acceptors (Lipinski definition) is 6. The first-order valence-electron chi connectivity index (χ1n) is 8.01. The van der Waals surface area contributed by atoms with Gasteiger partial charge in [0.05, 0.1) is 12.7 Å². The second-order valence-corrected chi connectivity index (χ2v) is 6.18. The van der Waals surface area contributed by atoms with Crippen LogP contribution < -0.4 is 0 Å². The lowest BCUT2D eigenvalue weighted by molar-refractivity contribution is -0.144. The predicted molar refractivity (Wildman–Crippen MR) is 92.2 cm³/mol. The third-order valence-corrected chi connectivity index (χ3v) is 4.80. The van der Waals surface area contributed by atoms with Crippen molar-refractivity contribution in [1.29, 1.82) is 15.8 Å². The Morgan fingerprint density at radius 2 is 1.79 bits per heavy atom. The first kappa shape index (κ1) is 19.8. The van der Waals surface area contributed by atoms with Gasteiger partial charge in [-0.3, -0.25) is 4.79 Å². The molecule has 0 radical (unpaired) electrons. The van der Waals surface area contributed by atoms with E-state index in [0.29, 0.717) is 23.3 Å². The Morgan fingerprint density at radius 3 is 2.29 bits per heavy atom. The Labute approximate surface area is 147 Å². The van der Waals surface area contributed by atoms with Crippen LogP contribution in [-0.4, -0.2) is 18.8 Å². The van der Waals surface area contributed by atoms with Crippen LogP contribution in [0.2, 0.25) is 0 Å². The van der Waals surface area contributed by atoms with Gasteiger partial charge in [0.15, 0.2) is 5.92 Å². The van der Waals surface area contributed by atoms with Crippen LogP contribution in [0.5, 0.6) is 0 Å². The Morgan fingerprint density at radius 1 is 1.17 bits per heavy atom. The zero-order chi connectivity index (χ0) is 17.9. The molecule has 24 heavy (non-hydrogen) atoms. The van der Waals surface area contributed by atoms with E-state index in [4.69, 9.17) is 4.74 Å². The number of thioether (sulfide) groups is 1. The van der Waals surface area contributed by atoms with Crippen LogP contribution in [0.15, 0.2) is 21.6 Å². The van der Waals surface area contributed by atoms with E-state index in [9.17, 15) is 20.6 Å². The Balaban J connectivity index is 3.54. The number of nitriles is 3. The predicted octanol–water partition coefficient (Wildman–Crippen LogP) is 4.00. The van der Waals surface area contributed by atoms with E-state index < -0.39 is 11.9 Å². The van der Waals surface area contributed by atoms with Crippen molar-refractivity contribution >= 4 is 17.7 Å². The van der Waals surface area contributed by atoms with Crippen molar-refractivity contribution in [2.45, 2.75) is 45.4 Å². The fourth-order valence-corrected chi connectivity index (χ4v) is 3.64. The highest BCUT2D eigenvalue weighted by atomic mass is 32.2. The molecule has 0 saturated heterocycles. The molecule has 126 valence electrons. The average Bonchev–Trinajstić information content (AvgIpc) is 2.56. The molecule has 0 heterocycles. The minimum absolute atomic E-state index is 0.0381. The number of carbonyl (C=O) groups excluding carboxylic acids is 1. The van der Waals surface area contributed by atoms with E-state index in [2.05, 4.69) is 6.07 Å². The number of nitrogens with zero attached hydrogens (tertiary/aromatic N) is 3. The van der Waals surface area contributed by atoms with Crippen LogP contribution in [0.4, 0.5) is 0 Å². The largest absolute Gasteiger partial charge is 0.465 e. The zero-order valence-electron chi connectivity index (χ0n) is 14.1. The van der Waals surface area contributed by atoms with Crippen molar-refractivity contribution in [2.75, 3.05) is 12.9 Å². The molecule has 6 heteroatoms. The summed E-state index contributed by atoms with van der Waals surface area (Å²) in [6.07, 6.45) is 6.97. The highest BCUT2D eigenvalue weighted by Crippen LogP contribution is 2.37. The first-order chi connectivity index (χ1) is 11.6. The fourth-order valence-electron chi connectivity index (χ4n) is 2.86. The molecule has 0 aromatic rings. The molecule has 0 amide bonds. The van der Waals surface area contributed by atoms with Gasteiger partial charge in [0.1, 0.15) is 17.7 Å². The van der Waals surface area contributed by atoms with Gasteiger partial charge in [-0.1, -0.05) is 12.8 Å². The summed E-state index contributed by atoms with van der Waals surface area (Å²) in [4.78, 5) is 12.8. The van der Waals surface area contributed by atoms with Gasteiger partial charge >= 0.3 is 5.97 Å². The summed E-state index contributed by atoms with van der Waals surface area (Å²) in [5.74, 6) is -1.53. The standard InChI is InChI=1S/C18H21N3O2S/c1-3-23-18(22)16(12-21)14-8-6-4-5-7-9-15(14)17(24-2)13(10-19)11-20/h16H,3-9H2,1-2H3. The smallest absolute Gasteiger partial charge is 0.327 e. The Kier molecular flexibility index (Phi) is 8.69. The van der Waals surface area contributed by atoms with Gasteiger partial charge in [0, 0.05) is 4.91 Å². The van der Waals surface area contributed by atoms with Crippen LogP contribution in [0.1, 0.15) is 45.4 Å². The van der Waals surface area contributed by atoms with Crippen molar-refractivity contribution in [1.82, 2.24) is 0 Å². The highest BCUT2D eigenvalue weighted by Gasteiger charge is 2.29. The van der Waals surface area contributed by atoms with E-state index in [-0.39, 0.29) is 12.2 Å². The second-order valence-electron chi connectivity index (χ2n) is 5.36. The van der Waals surface area contributed by atoms with Gasteiger partial charge in [-0.05, 0) is 50.0 Å². The Bertz CT molecular complexity index is 643.